The average molecular weight is 405 g/mol. The predicted octanol–water partition coefficient (Wildman–Crippen LogP) is 2.69. The molecule has 146 valence electrons. The van der Waals surface area contributed by atoms with Crippen molar-refractivity contribution >= 4 is 23.5 Å². The predicted molar refractivity (Wildman–Crippen MR) is 89.2 cm³/mol. The maximum absolute atomic E-state index is 13.1. The minimum absolute atomic E-state index is 0.0563. The smallest absolute Gasteiger partial charge is 0.341 e. The summed E-state index contributed by atoms with van der Waals surface area (Å²) in [6.45, 7) is 0. The van der Waals surface area contributed by atoms with Gasteiger partial charge < -0.3 is 18.9 Å². The largest absolute Gasteiger partial charge is 0.479 e. The van der Waals surface area contributed by atoms with Gasteiger partial charge in [-0.2, -0.15) is 4.98 Å². The summed E-state index contributed by atoms with van der Waals surface area (Å²) in [7, 11) is 4.92. The summed E-state index contributed by atoms with van der Waals surface area (Å²) in [5, 5.41) is -0.157. The van der Waals surface area contributed by atoms with Crippen LogP contribution in [0, 0.1) is 11.6 Å². The molecule has 0 atom stereocenters. The first-order chi connectivity index (χ1) is 12.8. The zero-order valence-corrected chi connectivity index (χ0v) is 15.5. The number of esters is 2. The van der Waals surface area contributed by atoms with Crippen LogP contribution in [-0.2, 0) is 9.47 Å². The van der Waals surface area contributed by atoms with Crippen LogP contribution in [0.4, 0.5) is 8.78 Å². The lowest BCUT2D eigenvalue weighted by Gasteiger charge is -2.04. The Hall–Kier alpha value is -3.01. The van der Waals surface area contributed by atoms with Crippen LogP contribution >= 0.6 is 11.6 Å². The lowest BCUT2D eigenvalue weighted by molar-refractivity contribution is 0.0590. The number of hydrogen-bond acceptors (Lipinski definition) is 8. The summed E-state index contributed by atoms with van der Waals surface area (Å²) in [5.74, 6) is -3.24. The molecular weight excluding hydrogens is 390 g/mol. The molecule has 2 aromatic rings. The van der Waals surface area contributed by atoms with Crippen LogP contribution in [-0.4, -0.2) is 50.3 Å². The number of methoxy groups -OCH3 is 4. The molecule has 8 nitrogen and oxygen atoms in total. The summed E-state index contributed by atoms with van der Waals surface area (Å²) >= 11 is 5.60. The van der Waals surface area contributed by atoms with E-state index in [1.54, 1.807) is 0 Å². The van der Waals surface area contributed by atoms with Crippen molar-refractivity contribution in [2.45, 2.75) is 0 Å². The normalized spacial score (nSPS) is 9.59. The molecule has 0 saturated heterocycles. The van der Waals surface area contributed by atoms with E-state index in [9.17, 15) is 18.4 Å². The molecule has 0 bridgehead atoms. The van der Waals surface area contributed by atoms with Gasteiger partial charge >= 0.3 is 11.9 Å². The molecule has 0 radical (unpaired) electrons. The van der Waals surface area contributed by atoms with Gasteiger partial charge in [-0.1, -0.05) is 11.6 Å². The number of ether oxygens (including phenoxy) is 4. The molecular formula is C16H15ClF2N2O6. The topological polar surface area (TPSA) is 96.8 Å². The van der Waals surface area contributed by atoms with Crippen LogP contribution < -0.4 is 9.47 Å². The van der Waals surface area contributed by atoms with E-state index in [2.05, 4.69) is 28.9 Å². The lowest BCUT2D eigenvalue weighted by atomic mass is 10.3. The first-order valence-electron chi connectivity index (χ1n) is 7.05. The van der Waals surface area contributed by atoms with Crippen molar-refractivity contribution in [2.24, 2.45) is 0 Å². The Bertz CT molecular complexity index is 835. The molecule has 0 aliphatic heterocycles. The highest BCUT2D eigenvalue weighted by molar-refractivity contribution is 6.32. The number of pyridine rings is 2. The van der Waals surface area contributed by atoms with Crippen molar-refractivity contribution in [3.8, 4) is 11.8 Å². The Morgan fingerprint density at radius 1 is 0.926 bits per heavy atom. The van der Waals surface area contributed by atoms with Gasteiger partial charge in [0.2, 0.25) is 5.88 Å². The van der Waals surface area contributed by atoms with Gasteiger partial charge in [0.15, 0.2) is 11.6 Å². The molecule has 2 heterocycles. The van der Waals surface area contributed by atoms with Crippen LogP contribution in [0.3, 0.4) is 0 Å². The van der Waals surface area contributed by atoms with Gasteiger partial charge in [-0.15, -0.1) is 0 Å². The summed E-state index contributed by atoms with van der Waals surface area (Å²) in [6, 6.07) is 1.93. The van der Waals surface area contributed by atoms with Gasteiger partial charge in [0, 0.05) is 6.20 Å². The number of aromatic nitrogens is 2. The van der Waals surface area contributed by atoms with Gasteiger partial charge in [0.25, 0.3) is 5.88 Å². The summed E-state index contributed by atoms with van der Waals surface area (Å²) < 4.78 is 43.9. The van der Waals surface area contributed by atoms with Crippen LogP contribution in [0.25, 0.3) is 0 Å². The highest BCUT2D eigenvalue weighted by Gasteiger charge is 2.17. The van der Waals surface area contributed by atoms with Crippen molar-refractivity contribution in [1.29, 1.82) is 0 Å². The zero-order chi connectivity index (χ0) is 20.6. The second-order valence-electron chi connectivity index (χ2n) is 4.52. The highest BCUT2D eigenvalue weighted by atomic mass is 35.5. The fourth-order valence-electron chi connectivity index (χ4n) is 1.65. The van der Waals surface area contributed by atoms with E-state index in [1.807, 2.05) is 0 Å². The summed E-state index contributed by atoms with van der Waals surface area (Å²) in [5.41, 5.74) is -0.0757. The number of rotatable bonds is 4. The molecule has 0 aliphatic rings. The first kappa shape index (κ1) is 22.0. The molecule has 2 aromatic heterocycles. The van der Waals surface area contributed by atoms with Crippen LogP contribution in [0.15, 0.2) is 18.3 Å². The Kier molecular flexibility index (Phi) is 8.34. The number of hydrogen-bond donors (Lipinski definition) is 0. The van der Waals surface area contributed by atoms with Crippen molar-refractivity contribution in [2.75, 3.05) is 28.4 Å². The standard InChI is InChI=1S/C8H7ClFNO3.C8H8FNO3/c1-13-7-5(10)3-4(6(9)11-7)8(12)14-2;1-12-7-6(9)3-5(4-10-7)8(11)13-2/h3H,1-2H3;3-4H,1-2H3. The summed E-state index contributed by atoms with van der Waals surface area (Å²) in [4.78, 5) is 29.0. The molecule has 0 amide bonds. The van der Waals surface area contributed by atoms with E-state index in [0.717, 1.165) is 12.1 Å². The quantitative estimate of drug-likeness (QED) is 0.566. The Balaban J connectivity index is 0.000000271. The van der Waals surface area contributed by atoms with Crippen LogP contribution in [0.2, 0.25) is 5.15 Å². The van der Waals surface area contributed by atoms with E-state index in [0.29, 0.717) is 0 Å². The Morgan fingerprint density at radius 3 is 1.96 bits per heavy atom. The van der Waals surface area contributed by atoms with Crippen molar-refractivity contribution < 1.29 is 37.3 Å². The van der Waals surface area contributed by atoms with E-state index in [1.165, 1.54) is 34.6 Å². The molecule has 0 unspecified atom stereocenters. The third-order valence-corrected chi connectivity index (χ3v) is 3.21. The van der Waals surface area contributed by atoms with E-state index >= 15 is 0 Å². The SMILES string of the molecule is COC(=O)c1cc(F)c(OC)nc1Cl.COC(=O)c1cnc(OC)c(F)c1. The van der Waals surface area contributed by atoms with E-state index in [4.69, 9.17) is 11.6 Å². The Labute approximate surface area is 158 Å². The maximum Gasteiger partial charge on any atom is 0.341 e. The van der Waals surface area contributed by atoms with Gasteiger partial charge in [-0.05, 0) is 12.1 Å². The van der Waals surface area contributed by atoms with Gasteiger partial charge in [-0.3, -0.25) is 0 Å². The maximum atomic E-state index is 13.1. The second kappa shape index (κ2) is 10.2. The third-order valence-electron chi connectivity index (χ3n) is 2.92. The molecule has 0 fully saturated rings. The molecule has 0 aliphatic carbocycles. The molecule has 0 aromatic carbocycles. The fourth-order valence-corrected chi connectivity index (χ4v) is 1.86. The molecule has 2 rings (SSSR count). The van der Waals surface area contributed by atoms with Gasteiger partial charge in [-0.25, -0.2) is 23.4 Å². The molecule has 27 heavy (non-hydrogen) atoms. The van der Waals surface area contributed by atoms with E-state index in [-0.39, 0.29) is 28.0 Å². The zero-order valence-electron chi connectivity index (χ0n) is 14.7. The van der Waals surface area contributed by atoms with Crippen molar-refractivity contribution in [3.63, 3.8) is 0 Å². The number of halogens is 3. The van der Waals surface area contributed by atoms with Gasteiger partial charge in [0.1, 0.15) is 10.7 Å². The minimum atomic E-state index is -0.766. The number of carbonyl (C=O) groups is 2. The second-order valence-corrected chi connectivity index (χ2v) is 4.87. The van der Waals surface area contributed by atoms with E-state index < -0.39 is 23.6 Å². The van der Waals surface area contributed by atoms with Gasteiger partial charge in [0.05, 0.1) is 34.0 Å². The lowest BCUT2D eigenvalue weighted by Crippen LogP contribution is -2.05. The van der Waals surface area contributed by atoms with Crippen LogP contribution in [0.1, 0.15) is 20.7 Å². The first-order valence-corrected chi connectivity index (χ1v) is 7.43. The van der Waals surface area contributed by atoms with Crippen LogP contribution in [0.5, 0.6) is 11.8 Å². The molecule has 0 N–H and O–H groups in total. The number of nitrogens with zero attached hydrogens (tertiary/aromatic N) is 2. The number of carbonyl (C=O) groups excluding carboxylic acids is 2. The average Bonchev–Trinajstić information content (AvgIpc) is 2.68. The third kappa shape index (κ3) is 5.74. The monoisotopic (exact) mass is 404 g/mol. The fraction of sp³-hybridized carbons (Fsp3) is 0.250. The highest BCUT2D eigenvalue weighted by Crippen LogP contribution is 2.22. The molecule has 0 spiro atoms. The van der Waals surface area contributed by atoms with Crippen molar-refractivity contribution in [3.05, 3.63) is 46.2 Å². The minimum Gasteiger partial charge on any atom is -0.479 e. The molecule has 0 saturated carbocycles. The molecule has 11 heteroatoms. The Morgan fingerprint density at radius 2 is 1.48 bits per heavy atom. The summed E-state index contributed by atoms with van der Waals surface area (Å²) in [6.07, 6.45) is 1.19. The van der Waals surface area contributed by atoms with Crippen molar-refractivity contribution in [1.82, 2.24) is 9.97 Å².